The SMILES string of the molecule is CCCC(CC(=O)NCCc1ncc[nH]1)n1ccnc1. The minimum atomic E-state index is 0.0729. The second-order valence-corrected chi connectivity index (χ2v) is 4.79. The number of hydrogen-bond acceptors (Lipinski definition) is 3. The number of aromatic nitrogens is 4. The molecule has 1 amide bonds. The predicted octanol–water partition coefficient (Wildman–Crippen LogP) is 1.70. The highest BCUT2D eigenvalue weighted by molar-refractivity contribution is 5.76. The highest BCUT2D eigenvalue weighted by Gasteiger charge is 2.14. The Hall–Kier alpha value is -2.11. The van der Waals surface area contributed by atoms with Crippen LogP contribution < -0.4 is 5.32 Å². The maximum Gasteiger partial charge on any atom is 0.222 e. The Kier molecular flexibility index (Phi) is 5.34. The van der Waals surface area contributed by atoms with Crippen LogP contribution in [0.3, 0.4) is 0 Å². The number of nitrogens with one attached hydrogen (secondary N) is 2. The van der Waals surface area contributed by atoms with Crippen molar-refractivity contribution in [3.05, 3.63) is 36.9 Å². The molecule has 0 aliphatic rings. The fourth-order valence-electron chi connectivity index (χ4n) is 2.22. The summed E-state index contributed by atoms with van der Waals surface area (Å²) in [4.78, 5) is 23.2. The largest absolute Gasteiger partial charge is 0.356 e. The Morgan fingerprint density at radius 3 is 3.05 bits per heavy atom. The Bertz CT molecular complexity index is 492. The zero-order valence-corrected chi connectivity index (χ0v) is 11.7. The number of nitrogens with zero attached hydrogens (tertiary/aromatic N) is 3. The molecule has 0 fully saturated rings. The lowest BCUT2D eigenvalue weighted by Gasteiger charge is -2.17. The van der Waals surface area contributed by atoms with Gasteiger partial charge in [-0.1, -0.05) is 13.3 Å². The lowest BCUT2D eigenvalue weighted by atomic mass is 10.1. The number of imidazole rings is 2. The Morgan fingerprint density at radius 1 is 1.50 bits per heavy atom. The van der Waals surface area contributed by atoms with E-state index in [0.29, 0.717) is 13.0 Å². The van der Waals surface area contributed by atoms with Crippen LogP contribution in [0.15, 0.2) is 31.1 Å². The molecule has 2 rings (SSSR count). The van der Waals surface area contributed by atoms with Crippen molar-refractivity contribution in [1.82, 2.24) is 24.8 Å². The number of hydrogen-bond donors (Lipinski definition) is 2. The van der Waals surface area contributed by atoms with Crippen molar-refractivity contribution in [1.29, 1.82) is 0 Å². The van der Waals surface area contributed by atoms with Crippen molar-refractivity contribution in [3.63, 3.8) is 0 Å². The normalized spacial score (nSPS) is 12.2. The van der Waals surface area contributed by atoms with Gasteiger partial charge in [-0.15, -0.1) is 0 Å². The van der Waals surface area contributed by atoms with Gasteiger partial charge < -0.3 is 14.9 Å². The van der Waals surface area contributed by atoms with Crippen LogP contribution in [0.5, 0.6) is 0 Å². The summed E-state index contributed by atoms with van der Waals surface area (Å²) in [5.74, 6) is 0.966. The molecule has 20 heavy (non-hydrogen) atoms. The van der Waals surface area contributed by atoms with Gasteiger partial charge in [0.15, 0.2) is 0 Å². The molecule has 0 saturated carbocycles. The molecule has 6 nitrogen and oxygen atoms in total. The van der Waals surface area contributed by atoms with E-state index in [1.807, 2.05) is 10.8 Å². The smallest absolute Gasteiger partial charge is 0.222 e. The molecule has 2 aromatic rings. The second kappa shape index (κ2) is 7.47. The molecule has 2 heterocycles. The van der Waals surface area contributed by atoms with Crippen LogP contribution >= 0.6 is 0 Å². The minimum Gasteiger partial charge on any atom is -0.356 e. The van der Waals surface area contributed by atoms with Crippen molar-refractivity contribution in [2.24, 2.45) is 0 Å². The zero-order chi connectivity index (χ0) is 14.2. The highest BCUT2D eigenvalue weighted by Crippen LogP contribution is 2.17. The van der Waals surface area contributed by atoms with Gasteiger partial charge in [0, 0.05) is 50.2 Å². The molecule has 0 aliphatic carbocycles. The van der Waals surface area contributed by atoms with Crippen LogP contribution in [0.1, 0.15) is 38.1 Å². The Morgan fingerprint density at radius 2 is 2.40 bits per heavy atom. The first-order chi connectivity index (χ1) is 9.79. The van der Waals surface area contributed by atoms with Crippen molar-refractivity contribution >= 4 is 5.91 Å². The lowest BCUT2D eigenvalue weighted by Crippen LogP contribution is -2.28. The first-order valence-corrected chi connectivity index (χ1v) is 7.02. The fourth-order valence-corrected chi connectivity index (χ4v) is 2.22. The maximum absolute atomic E-state index is 12.0. The van der Waals surface area contributed by atoms with E-state index in [2.05, 4.69) is 27.2 Å². The highest BCUT2D eigenvalue weighted by atomic mass is 16.1. The van der Waals surface area contributed by atoms with Crippen molar-refractivity contribution in [2.45, 2.75) is 38.6 Å². The lowest BCUT2D eigenvalue weighted by molar-refractivity contribution is -0.121. The molecule has 2 aromatic heterocycles. The van der Waals surface area contributed by atoms with Gasteiger partial charge in [-0.3, -0.25) is 4.79 Å². The molecule has 1 unspecified atom stereocenters. The monoisotopic (exact) mass is 275 g/mol. The molecular weight excluding hydrogens is 254 g/mol. The van der Waals surface area contributed by atoms with Crippen LogP contribution in [-0.4, -0.2) is 32.0 Å². The first-order valence-electron chi connectivity index (χ1n) is 7.02. The van der Waals surface area contributed by atoms with Gasteiger partial charge in [0.1, 0.15) is 5.82 Å². The molecule has 0 bridgehead atoms. The van der Waals surface area contributed by atoms with E-state index in [-0.39, 0.29) is 11.9 Å². The van der Waals surface area contributed by atoms with Crippen LogP contribution in [0.2, 0.25) is 0 Å². The molecule has 0 spiro atoms. The van der Waals surface area contributed by atoms with Crippen molar-refractivity contribution in [3.8, 4) is 0 Å². The van der Waals surface area contributed by atoms with E-state index in [1.165, 1.54) is 0 Å². The molecule has 6 heteroatoms. The second-order valence-electron chi connectivity index (χ2n) is 4.79. The maximum atomic E-state index is 12.0. The third kappa shape index (κ3) is 4.22. The van der Waals surface area contributed by atoms with Gasteiger partial charge in [0.05, 0.1) is 6.33 Å². The molecule has 2 N–H and O–H groups in total. The molecule has 108 valence electrons. The van der Waals surface area contributed by atoms with Gasteiger partial charge >= 0.3 is 0 Å². The third-order valence-electron chi connectivity index (χ3n) is 3.23. The van der Waals surface area contributed by atoms with Crippen LogP contribution in [0, 0.1) is 0 Å². The third-order valence-corrected chi connectivity index (χ3v) is 3.23. The first kappa shape index (κ1) is 14.3. The van der Waals surface area contributed by atoms with E-state index < -0.39 is 0 Å². The van der Waals surface area contributed by atoms with E-state index in [9.17, 15) is 4.79 Å². The summed E-state index contributed by atoms with van der Waals surface area (Å²) in [7, 11) is 0. The van der Waals surface area contributed by atoms with Crippen LogP contribution in [-0.2, 0) is 11.2 Å². The predicted molar refractivity (Wildman–Crippen MR) is 76.1 cm³/mol. The summed E-state index contributed by atoms with van der Waals surface area (Å²) in [6, 6.07) is 0.186. The van der Waals surface area contributed by atoms with Gasteiger partial charge in [0.25, 0.3) is 0 Å². The topological polar surface area (TPSA) is 75.6 Å². The van der Waals surface area contributed by atoms with Crippen molar-refractivity contribution in [2.75, 3.05) is 6.54 Å². The van der Waals surface area contributed by atoms with Gasteiger partial charge in [-0.05, 0) is 6.42 Å². The van der Waals surface area contributed by atoms with E-state index >= 15 is 0 Å². The molecular formula is C14H21N5O. The molecule has 0 aliphatic heterocycles. The Labute approximate surface area is 118 Å². The fraction of sp³-hybridized carbons (Fsp3) is 0.500. The molecule has 0 radical (unpaired) electrons. The number of carbonyl (C=O) groups excluding carboxylic acids is 1. The summed E-state index contributed by atoms with van der Waals surface area (Å²) < 4.78 is 2.01. The summed E-state index contributed by atoms with van der Waals surface area (Å²) in [5, 5.41) is 2.94. The summed E-state index contributed by atoms with van der Waals surface area (Å²) in [5.41, 5.74) is 0. The average molecular weight is 275 g/mol. The van der Waals surface area contributed by atoms with E-state index in [4.69, 9.17) is 0 Å². The summed E-state index contributed by atoms with van der Waals surface area (Å²) in [6.07, 6.45) is 12.2. The molecule has 0 saturated heterocycles. The van der Waals surface area contributed by atoms with Crippen LogP contribution in [0.25, 0.3) is 0 Å². The number of rotatable bonds is 8. The van der Waals surface area contributed by atoms with Gasteiger partial charge in [-0.2, -0.15) is 0 Å². The van der Waals surface area contributed by atoms with Gasteiger partial charge in [0.2, 0.25) is 5.91 Å². The average Bonchev–Trinajstić information content (AvgIpc) is 3.11. The number of carbonyl (C=O) groups is 1. The standard InChI is InChI=1S/C14H21N5O/c1-2-3-12(19-9-8-15-11-19)10-14(20)18-5-4-13-16-6-7-17-13/h6-9,11-12H,2-5,10H2,1H3,(H,16,17)(H,18,20). The molecule has 0 aromatic carbocycles. The zero-order valence-electron chi connectivity index (χ0n) is 11.7. The van der Waals surface area contributed by atoms with Crippen LogP contribution in [0.4, 0.5) is 0 Å². The van der Waals surface area contributed by atoms with E-state index in [1.54, 1.807) is 24.9 Å². The van der Waals surface area contributed by atoms with Gasteiger partial charge in [-0.25, -0.2) is 9.97 Å². The summed E-state index contributed by atoms with van der Waals surface area (Å²) in [6.45, 7) is 2.73. The van der Waals surface area contributed by atoms with Crippen molar-refractivity contribution < 1.29 is 4.79 Å². The van der Waals surface area contributed by atoms with E-state index in [0.717, 1.165) is 25.1 Å². The number of aromatic amines is 1. The number of H-pyrrole nitrogens is 1. The summed E-state index contributed by atoms with van der Waals surface area (Å²) >= 11 is 0. The molecule has 1 atom stereocenters. The minimum absolute atomic E-state index is 0.0729. The Balaban J connectivity index is 1.76. The number of amides is 1. The quantitative estimate of drug-likeness (QED) is 0.770.